The highest BCUT2D eigenvalue weighted by atomic mass is 16.2. The SMILES string of the molecule is CC1CCCC(n2c(=O)nc(N(C)C)[nH]c2=O)C1. The second kappa shape index (κ2) is 4.96. The molecule has 6 nitrogen and oxygen atoms in total. The summed E-state index contributed by atoms with van der Waals surface area (Å²) in [4.78, 5) is 32.2. The molecule has 0 bridgehead atoms. The molecule has 0 saturated heterocycles. The number of hydrogen-bond donors (Lipinski definition) is 1. The van der Waals surface area contributed by atoms with E-state index in [1.54, 1.807) is 19.0 Å². The highest BCUT2D eigenvalue weighted by Crippen LogP contribution is 2.30. The number of aromatic amines is 1. The van der Waals surface area contributed by atoms with Gasteiger partial charge in [-0.3, -0.25) is 4.98 Å². The van der Waals surface area contributed by atoms with E-state index in [1.165, 1.54) is 11.0 Å². The van der Waals surface area contributed by atoms with Crippen LogP contribution in [0.5, 0.6) is 0 Å². The van der Waals surface area contributed by atoms with Gasteiger partial charge in [0.05, 0.1) is 0 Å². The summed E-state index contributed by atoms with van der Waals surface area (Å²) in [6, 6.07) is -0.00582. The minimum Gasteiger partial charge on any atom is -0.348 e. The molecule has 0 amide bonds. The van der Waals surface area contributed by atoms with E-state index < -0.39 is 5.69 Å². The van der Waals surface area contributed by atoms with Gasteiger partial charge in [0.25, 0.3) is 0 Å². The van der Waals surface area contributed by atoms with Gasteiger partial charge in [0.2, 0.25) is 5.95 Å². The van der Waals surface area contributed by atoms with Crippen LogP contribution < -0.4 is 16.3 Å². The van der Waals surface area contributed by atoms with Crippen molar-refractivity contribution >= 4 is 5.95 Å². The van der Waals surface area contributed by atoms with Gasteiger partial charge >= 0.3 is 11.4 Å². The highest BCUT2D eigenvalue weighted by molar-refractivity contribution is 5.23. The van der Waals surface area contributed by atoms with Crippen molar-refractivity contribution in [3.63, 3.8) is 0 Å². The van der Waals surface area contributed by atoms with Gasteiger partial charge in [-0.05, 0) is 18.8 Å². The van der Waals surface area contributed by atoms with Crippen molar-refractivity contribution in [2.45, 2.75) is 38.6 Å². The zero-order chi connectivity index (χ0) is 13.3. The molecule has 0 spiro atoms. The van der Waals surface area contributed by atoms with E-state index in [4.69, 9.17) is 0 Å². The standard InChI is InChI=1S/C12H20N4O2/c1-8-5-4-6-9(7-8)16-11(17)13-10(15(2)3)14-12(16)18/h8-9H,4-7H2,1-3H3,(H,13,14,17,18). The Morgan fingerprint density at radius 2 is 2.06 bits per heavy atom. The third kappa shape index (κ3) is 2.47. The van der Waals surface area contributed by atoms with Crippen LogP contribution in [0.2, 0.25) is 0 Å². The monoisotopic (exact) mass is 252 g/mol. The first-order chi connectivity index (χ1) is 8.49. The minimum atomic E-state index is -0.443. The minimum absolute atomic E-state index is 0.00582. The van der Waals surface area contributed by atoms with Crippen LogP contribution in [-0.2, 0) is 0 Å². The van der Waals surface area contributed by atoms with Crippen LogP contribution >= 0.6 is 0 Å². The fourth-order valence-corrected chi connectivity index (χ4v) is 2.59. The molecule has 2 atom stereocenters. The quantitative estimate of drug-likeness (QED) is 0.843. The third-order valence-corrected chi connectivity index (χ3v) is 3.54. The van der Waals surface area contributed by atoms with E-state index >= 15 is 0 Å². The average Bonchev–Trinajstić information content (AvgIpc) is 2.27. The predicted octanol–water partition coefficient (Wildman–Crippen LogP) is 0.749. The Balaban J connectivity index is 2.39. The van der Waals surface area contributed by atoms with Crippen LogP contribution in [0.1, 0.15) is 38.6 Å². The normalized spacial score (nSPS) is 23.9. The van der Waals surface area contributed by atoms with Crippen LogP contribution in [0.15, 0.2) is 9.59 Å². The van der Waals surface area contributed by atoms with Gasteiger partial charge in [0.1, 0.15) is 0 Å². The Kier molecular flexibility index (Phi) is 3.54. The maximum Gasteiger partial charge on any atom is 0.355 e. The van der Waals surface area contributed by atoms with Gasteiger partial charge in [-0.2, -0.15) is 4.98 Å². The van der Waals surface area contributed by atoms with Crippen LogP contribution in [0.4, 0.5) is 5.95 Å². The zero-order valence-electron chi connectivity index (χ0n) is 11.1. The number of nitrogens with one attached hydrogen (secondary N) is 1. The fourth-order valence-electron chi connectivity index (χ4n) is 2.59. The molecule has 1 heterocycles. The summed E-state index contributed by atoms with van der Waals surface area (Å²) in [5.74, 6) is 0.869. The number of rotatable bonds is 2. The molecule has 0 aromatic carbocycles. The molecule has 2 rings (SSSR count). The number of H-pyrrole nitrogens is 1. The smallest absolute Gasteiger partial charge is 0.348 e. The summed E-state index contributed by atoms with van der Waals surface area (Å²) in [6.07, 6.45) is 4.00. The number of anilines is 1. The average molecular weight is 252 g/mol. The zero-order valence-corrected chi connectivity index (χ0v) is 11.1. The highest BCUT2D eigenvalue weighted by Gasteiger charge is 2.23. The maximum absolute atomic E-state index is 12.0. The molecule has 18 heavy (non-hydrogen) atoms. The van der Waals surface area contributed by atoms with Crippen LogP contribution in [-0.4, -0.2) is 28.6 Å². The molecule has 1 aliphatic rings. The van der Waals surface area contributed by atoms with Crippen molar-refractivity contribution < 1.29 is 0 Å². The fraction of sp³-hybridized carbons (Fsp3) is 0.750. The second-order valence-corrected chi connectivity index (χ2v) is 5.34. The van der Waals surface area contributed by atoms with Crippen molar-refractivity contribution in [3.8, 4) is 0 Å². The molecule has 1 fully saturated rings. The molecule has 2 unspecified atom stereocenters. The lowest BCUT2D eigenvalue weighted by molar-refractivity contribution is 0.269. The number of hydrogen-bond acceptors (Lipinski definition) is 4. The van der Waals surface area contributed by atoms with E-state index in [-0.39, 0.29) is 11.7 Å². The molecule has 1 aliphatic carbocycles. The van der Waals surface area contributed by atoms with E-state index in [2.05, 4.69) is 16.9 Å². The topological polar surface area (TPSA) is 71.0 Å². The Morgan fingerprint density at radius 3 is 2.61 bits per heavy atom. The van der Waals surface area contributed by atoms with E-state index in [0.717, 1.165) is 19.3 Å². The lowest BCUT2D eigenvalue weighted by Gasteiger charge is -2.27. The predicted molar refractivity (Wildman–Crippen MR) is 70.1 cm³/mol. The summed E-state index contributed by atoms with van der Waals surface area (Å²) in [7, 11) is 3.48. The van der Waals surface area contributed by atoms with Crippen molar-refractivity contribution in [1.82, 2.24) is 14.5 Å². The molecule has 6 heteroatoms. The Bertz CT molecular complexity index is 500. The largest absolute Gasteiger partial charge is 0.355 e. The first-order valence-corrected chi connectivity index (χ1v) is 6.39. The Labute approximate surface area is 106 Å². The lowest BCUT2D eigenvalue weighted by atomic mass is 9.87. The molecule has 0 aliphatic heterocycles. The van der Waals surface area contributed by atoms with Gasteiger partial charge < -0.3 is 4.90 Å². The Hall–Kier alpha value is -1.59. The van der Waals surface area contributed by atoms with E-state index in [0.29, 0.717) is 11.9 Å². The van der Waals surface area contributed by atoms with Gasteiger partial charge in [-0.25, -0.2) is 14.2 Å². The van der Waals surface area contributed by atoms with E-state index in [1.807, 2.05) is 0 Å². The van der Waals surface area contributed by atoms with Gasteiger partial charge in [-0.15, -0.1) is 0 Å². The van der Waals surface area contributed by atoms with Crippen molar-refractivity contribution in [2.75, 3.05) is 19.0 Å². The maximum atomic E-state index is 12.0. The molecule has 100 valence electrons. The first-order valence-electron chi connectivity index (χ1n) is 6.39. The van der Waals surface area contributed by atoms with Gasteiger partial charge in [0, 0.05) is 20.1 Å². The number of nitrogens with zero attached hydrogens (tertiary/aromatic N) is 3. The van der Waals surface area contributed by atoms with Crippen LogP contribution in [0, 0.1) is 5.92 Å². The molecular formula is C12H20N4O2. The van der Waals surface area contributed by atoms with Crippen molar-refractivity contribution in [2.24, 2.45) is 5.92 Å². The summed E-state index contributed by atoms with van der Waals surface area (Å²) in [5, 5.41) is 0. The molecule has 0 radical (unpaired) electrons. The molecular weight excluding hydrogens is 232 g/mol. The lowest BCUT2D eigenvalue weighted by Crippen LogP contribution is -2.42. The van der Waals surface area contributed by atoms with Gasteiger partial charge in [-0.1, -0.05) is 19.8 Å². The summed E-state index contributed by atoms with van der Waals surface area (Å²) in [6.45, 7) is 2.16. The van der Waals surface area contributed by atoms with Crippen molar-refractivity contribution in [1.29, 1.82) is 0 Å². The summed E-state index contributed by atoms with van der Waals surface area (Å²) >= 11 is 0. The third-order valence-electron chi connectivity index (χ3n) is 3.54. The Morgan fingerprint density at radius 1 is 1.33 bits per heavy atom. The van der Waals surface area contributed by atoms with Crippen molar-refractivity contribution in [3.05, 3.63) is 21.0 Å². The van der Waals surface area contributed by atoms with Crippen LogP contribution in [0.25, 0.3) is 0 Å². The molecule has 1 saturated carbocycles. The molecule has 1 aromatic heterocycles. The van der Waals surface area contributed by atoms with Gasteiger partial charge in [0.15, 0.2) is 0 Å². The second-order valence-electron chi connectivity index (χ2n) is 5.34. The summed E-state index contributed by atoms with van der Waals surface area (Å²) in [5.41, 5.74) is -0.792. The first kappa shape index (κ1) is 12.9. The molecule has 1 aromatic rings. The van der Waals surface area contributed by atoms with E-state index in [9.17, 15) is 9.59 Å². The number of aromatic nitrogens is 3. The molecule has 1 N–H and O–H groups in total. The van der Waals surface area contributed by atoms with Crippen LogP contribution in [0.3, 0.4) is 0 Å². The summed E-state index contributed by atoms with van der Waals surface area (Å²) < 4.78 is 1.28.